The van der Waals surface area contributed by atoms with Crippen molar-refractivity contribution in [2.45, 2.75) is 31.5 Å². The van der Waals surface area contributed by atoms with Gasteiger partial charge in [-0.2, -0.15) is 0 Å². The van der Waals surface area contributed by atoms with Crippen LogP contribution in [0.5, 0.6) is 0 Å². The fraction of sp³-hybridized carbons (Fsp3) is 0.481. The van der Waals surface area contributed by atoms with Gasteiger partial charge in [-0.15, -0.1) is 0 Å². The fourth-order valence-corrected chi connectivity index (χ4v) is 4.65. The Morgan fingerprint density at radius 3 is 2.29 bits per heavy atom. The van der Waals surface area contributed by atoms with E-state index >= 15 is 0 Å². The van der Waals surface area contributed by atoms with E-state index in [1.54, 1.807) is 0 Å². The largest absolute Gasteiger partial charge is 0.445 e. The summed E-state index contributed by atoms with van der Waals surface area (Å²) < 4.78 is 16.5. The van der Waals surface area contributed by atoms with E-state index in [-0.39, 0.29) is 18.6 Å². The first-order chi connectivity index (χ1) is 17.2. The zero-order chi connectivity index (χ0) is 24.3. The molecule has 0 saturated carbocycles. The predicted molar refractivity (Wildman–Crippen MR) is 132 cm³/mol. The Balaban J connectivity index is 1.38. The third-order valence-corrected chi connectivity index (χ3v) is 6.61. The molecule has 0 spiro atoms. The Morgan fingerprint density at radius 1 is 0.943 bits per heavy atom. The van der Waals surface area contributed by atoms with Crippen LogP contribution in [0.15, 0.2) is 60.7 Å². The highest BCUT2D eigenvalue weighted by Gasteiger charge is 2.32. The number of carbonyl (C=O) groups is 2. The van der Waals surface area contributed by atoms with Crippen LogP contribution < -0.4 is 10.6 Å². The summed E-state index contributed by atoms with van der Waals surface area (Å²) in [4.78, 5) is 28.3. The number of benzene rings is 2. The monoisotopic (exact) mass is 481 g/mol. The number of amides is 2. The fourth-order valence-electron chi connectivity index (χ4n) is 4.65. The summed E-state index contributed by atoms with van der Waals surface area (Å²) in [5, 5.41) is 5.89. The second kappa shape index (κ2) is 13.2. The van der Waals surface area contributed by atoms with Crippen LogP contribution in [0.4, 0.5) is 4.79 Å². The lowest BCUT2D eigenvalue weighted by Crippen LogP contribution is -2.55. The van der Waals surface area contributed by atoms with Gasteiger partial charge in [-0.1, -0.05) is 60.7 Å². The van der Waals surface area contributed by atoms with Crippen LogP contribution >= 0.6 is 0 Å². The smallest absolute Gasteiger partial charge is 0.408 e. The summed E-state index contributed by atoms with van der Waals surface area (Å²) in [6.07, 6.45) is 0.746. The van der Waals surface area contributed by atoms with Crippen LogP contribution in [0, 0.1) is 5.92 Å². The number of rotatable bonds is 10. The van der Waals surface area contributed by atoms with E-state index in [1.807, 2.05) is 60.7 Å². The van der Waals surface area contributed by atoms with Gasteiger partial charge in [0.15, 0.2) is 0 Å². The first-order valence-electron chi connectivity index (χ1n) is 12.4. The summed E-state index contributed by atoms with van der Waals surface area (Å²) in [6, 6.07) is 18.6. The Hall–Kier alpha value is -2.94. The molecule has 35 heavy (non-hydrogen) atoms. The van der Waals surface area contributed by atoms with Gasteiger partial charge >= 0.3 is 6.09 Å². The molecule has 4 rings (SSSR count). The minimum absolute atomic E-state index is 0.146. The van der Waals surface area contributed by atoms with Gasteiger partial charge < -0.3 is 24.8 Å². The van der Waals surface area contributed by atoms with E-state index in [0.717, 1.165) is 37.2 Å². The van der Waals surface area contributed by atoms with Gasteiger partial charge in [0.1, 0.15) is 12.6 Å². The minimum Gasteiger partial charge on any atom is -0.445 e. The van der Waals surface area contributed by atoms with E-state index in [4.69, 9.17) is 14.2 Å². The van der Waals surface area contributed by atoms with Crippen molar-refractivity contribution in [1.29, 1.82) is 0 Å². The average molecular weight is 482 g/mol. The van der Waals surface area contributed by atoms with Crippen LogP contribution in [-0.4, -0.2) is 75.0 Å². The molecule has 8 heteroatoms. The van der Waals surface area contributed by atoms with Crippen molar-refractivity contribution in [3.63, 3.8) is 0 Å². The van der Waals surface area contributed by atoms with E-state index in [2.05, 4.69) is 15.5 Å². The van der Waals surface area contributed by atoms with Gasteiger partial charge in [0.25, 0.3) is 0 Å². The van der Waals surface area contributed by atoms with E-state index in [9.17, 15) is 9.59 Å². The van der Waals surface area contributed by atoms with Gasteiger partial charge in [-0.05, 0) is 17.5 Å². The maximum Gasteiger partial charge on any atom is 0.408 e. The van der Waals surface area contributed by atoms with Gasteiger partial charge in [0.2, 0.25) is 5.91 Å². The Kier molecular flexibility index (Phi) is 9.51. The highest BCUT2D eigenvalue weighted by atomic mass is 16.5. The zero-order valence-corrected chi connectivity index (χ0v) is 20.1. The highest BCUT2D eigenvalue weighted by molar-refractivity contribution is 5.86. The van der Waals surface area contributed by atoms with E-state index in [0.29, 0.717) is 38.7 Å². The minimum atomic E-state index is -0.745. The standard InChI is InChI=1S/C27H35N3O5/c31-26(28-18-25(23-11-14-34-20-23)30-12-15-33-16-13-30)24(17-21-7-3-1-4-8-21)29-27(32)35-19-22-9-5-2-6-10-22/h1-10,23-25H,11-20H2,(H,28,31)(H,29,32)/t23?,24-,25?/m0/s1. The summed E-state index contributed by atoms with van der Waals surface area (Å²) in [6.45, 7) is 5.18. The maximum absolute atomic E-state index is 13.3. The Bertz CT molecular complexity index is 915. The molecule has 0 aromatic heterocycles. The Morgan fingerprint density at radius 2 is 1.63 bits per heavy atom. The highest BCUT2D eigenvalue weighted by Crippen LogP contribution is 2.22. The molecule has 2 N–H and O–H groups in total. The summed E-state index contributed by atoms with van der Waals surface area (Å²) >= 11 is 0. The molecule has 2 aliphatic heterocycles. The quantitative estimate of drug-likeness (QED) is 0.542. The number of ether oxygens (including phenoxy) is 3. The van der Waals surface area contributed by atoms with Gasteiger partial charge in [-0.3, -0.25) is 9.69 Å². The molecule has 2 aliphatic rings. The average Bonchev–Trinajstić information content (AvgIpc) is 3.44. The van der Waals surface area contributed by atoms with Crippen molar-refractivity contribution in [3.05, 3.63) is 71.8 Å². The third kappa shape index (κ3) is 7.78. The van der Waals surface area contributed by atoms with E-state index < -0.39 is 12.1 Å². The molecule has 2 fully saturated rings. The van der Waals surface area contributed by atoms with Crippen molar-refractivity contribution >= 4 is 12.0 Å². The van der Waals surface area contributed by atoms with E-state index in [1.165, 1.54) is 0 Å². The second-order valence-corrected chi connectivity index (χ2v) is 9.03. The molecule has 0 bridgehead atoms. The van der Waals surface area contributed by atoms with Crippen LogP contribution in [0.1, 0.15) is 17.5 Å². The number of hydrogen-bond donors (Lipinski definition) is 2. The molecule has 2 saturated heterocycles. The predicted octanol–water partition coefficient (Wildman–Crippen LogP) is 2.38. The van der Waals surface area contributed by atoms with Crippen molar-refractivity contribution in [3.8, 4) is 0 Å². The van der Waals surface area contributed by atoms with Gasteiger partial charge in [0.05, 0.1) is 19.8 Å². The molecule has 2 amide bonds. The molecule has 8 nitrogen and oxygen atoms in total. The lowest BCUT2D eigenvalue weighted by molar-refractivity contribution is -0.123. The molecule has 0 radical (unpaired) electrons. The molecule has 2 unspecified atom stereocenters. The topological polar surface area (TPSA) is 89.1 Å². The maximum atomic E-state index is 13.3. The van der Waals surface area contributed by atoms with Gasteiger partial charge in [0, 0.05) is 44.6 Å². The van der Waals surface area contributed by atoms with Crippen molar-refractivity contribution in [2.75, 3.05) is 46.1 Å². The molecule has 0 aliphatic carbocycles. The molecule has 2 heterocycles. The third-order valence-electron chi connectivity index (χ3n) is 6.61. The molecular formula is C27H35N3O5. The Labute approximate surface area is 206 Å². The number of carbonyl (C=O) groups excluding carboxylic acids is 2. The van der Waals surface area contributed by atoms with Crippen molar-refractivity contribution < 1.29 is 23.8 Å². The van der Waals surface area contributed by atoms with Crippen LogP contribution in [0.3, 0.4) is 0 Å². The number of nitrogens with one attached hydrogen (secondary N) is 2. The number of morpholine rings is 1. The lowest BCUT2D eigenvalue weighted by atomic mass is 9.96. The summed E-state index contributed by atoms with van der Waals surface area (Å²) in [7, 11) is 0. The van der Waals surface area contributed by atoms with Gasteiger partial charge in [-0.25, -0.2) is 4.79 Å². The SMILES string of the molecule is O=C(N[C@@H](Cc1ccccc1)C(=O)NCC(C1CCOC1)N1CCOCC1)OCc1ccccc1. The molecule has 3 atom stereocenters. The molecular weight excluding hydrogens is 446 g/mol. The van der Waals surface area contributed by atoms with Crippen LogP contribution in [-0.2, 0) is 32.0 Å². The van der Waals surface area contributed by atoms with Crippen LogP contribution in [0.2, 0.25) is 0 Å². The summed E-state index contributed by atoms with van der Waals surface area (Å²) in [5.74, 6) is 0.146. The number of hydrogen-bond acceptors (Lipinski definition) is 6. The first kappa shape index (κ1) is 25.2. The molecule has 188 valence electrons. The zero-order valence-electron chi connectivity index (χ0n) is 20.1. The lowest BCUT2D eigenvalue weighted by Gasteiger charge is -2.37. The number of nitrogens with zero attached hydrogens (tertiary/aromatic N) is 1. The molecule has 2 aromatic carbocycles. The van der Waals surface area contributed by atoms with Crippen molar-refractivity contribution in [2.24, 2.45) is 5.92 Å². The first-order valence-corrected chi connectivity index (χ1v) is 12.4. The normalized spacial score (nSPS) is 20.1. The number of alkyl carbamates (subject to hydrolysis) is 1. The van der Waals surface area contributed by atoms with Crippen LogP contribution in [0.25, 0.3) is 0 Å². The molecule has 2 aromatic rings. The van der Waals surface area contributed by atoms with Crippen molar-refractivity contribution in [1.82, 2.24) is 15.5 Å². The summed E-state index contributed by atoms with van der Waals surface area (Å²) in [5.41, 5.74) is 1.85. The second-order valence-electron chi connectivity index (χ2n) is 9.03.